The van der Waals surface area contributed by atoms with Crippen LogP contribution in [0.1, 0.15) is 107 Å². The molecule has 3 aliphatic rings. The minimum Gasteiger partial charge on any atom is -0.438 e. The quantitative estimate of drug-likeness (QED) is 0.108. The molecule has 3 saturated heterocycles. The maximum Gasteiger partial charge on any atom is 0.340 e. The zero-order valence-electron chi connectivity index (χ0n) is 35.1. The lowest BCUT2D eigenvalue weighted by molar-refractivity contribution is -0.162. The Labute approximate surface area is 355 Å². The maximum absolute atomic E-state index is 14.3. The summed E-state index contributed by atoms with van der Waals surface area (Å²) in [4.78, 5) is 70.8. The topological polar surface area (TPSA) is 182 Å². The first-order valence-electron chi connectivity index (χ1n) is 20.5. The molecule has 0 spiro atoms. The number of nitrogens with zero attached hydrogens (tertiary/aromatic N) is 3. The normalized spacial score (nSPS) is 22.4. The van der Waals surface area contributed by atoms with Gasteiger partial charge in [0.1, 0.15) is 12.1 Å². The van der Waals surface area contributed by atoms with Crippen LogP contribution in [-0.4, -0.2) is 84.3 Å². The first-order valence-corrected chi connectivity index (χ1v) is 23.0. The predicted molar refractivity (Wildman–Crippen MR) is 224 cm³/mol. The molecule has 3 aliphatic heterocycles. The second-order valence-electron chi connectivity index (χ2n) is 17.9. The Kier molecular flexibility index (Phi) is 13.9. The SMILES string of the molecule is CC(C)(C)C(=O)OCOP(=O)(Cc1ccc2sc(C(=O)NC3CCCC[C@H]4CC[C@@H](C(=O)N5C[C@H](c6ccccc6)[C@@H](C#N)C5)N4C3=O)cc2c1)OCOC(=O)C(C)(C)C. The number of fused-ring (bicyclic) bond motifs is 2. The lowest BCUT2D eigenvalue weighted by atomic mass is 9.90. The minimum absolute atomic E-state index is 0.104. The number of hydrogen-bond donors (Lipinski definition) is 1. The lowest BCUT2D eigenvalue weighted by Gasteiger charge is -2.36. The van der Waals surface area contributed by atoms with E-state index in [9.17, 15) is 33.8 Å². The van der Waals surface area contributed by atoms with Gasteiger partial charge >= 0.3 is 19.5 Å². The molecule has 1 aromatic heterocycles. The van der Waals surface area contributed by atoms with Crippen LogP contribution in [0.15, 0.2) is 54.6 Å². The average molecular weight is 863 g/mol. The number of likely N-dealkylation sites (tertiary alicyclic amines) is 1. The lowest BCUT2D eigenvalue weighted by Crippen LogP contribution is -2.56. The molecule has 0 saturated carbocycles. The largest absolute Gasteiger partial charge is 0.438 e. The highest BCUT2D eigenvalue weighted by Crippen LogP contribution is 2.52. The molecule has 1 N–H and O–H groups in total. The molecule has 0 radical (unpaired) electrons. The van der Waals surface area contributed by atoms with E-state index in [0.717, 1.165) is 29.5 Å². The van der Waals surface area contributed by atoms with Crippen LogP contribution in [-0.2, 0) is 48.4 Å². The first-order chi connectivity index (χ1) is 28.4. The summed E-state index contributed by atoms with van der Waals surface area (Å²) < 4.78 is 36.1. The summed E-state index contributed by atoms with van der Waals surface area (Å²) in [5, 5.41) is 13.6. The Morgan fingerprint density at radius 3 is 2.15 bits per heavy atom. The van der Waals surface area contributed by atoms with E-state index < -0.39 is 61.9 Å². The van der Waals surface area contributed by atoms with Crippen molar-refractivity contribution in [1.82, 2.24) is 15.1 Å². The molecule has 3 fully saturated rings. The van der Waals surface area contributed by atoms with Gasteiger partial charge in [0.15, 0.2) is 0 Å². The summed E-state index contributed by atoms with van der Waals surface area (Å²) >= 11 is 1.24. The molecule has 1 unspecified atom stereocenters. The Hall–Kier alpha value is -4.61. The molecular weight excluding hydrogens is 808 g/mol. The highest BCUT2D eigenvalue weighted by molar-refractivity contribution is 7.53. The predicted octanol–water partition coefficient (Wildman–Crippen LogP) is 7.52. The van der Waals surface area contributed by atoms with Crippen LogP contribution in [0.3, 0.4) is 0 Å². The monoisotopic (exact) mass is 862 g/mol. The average Bonchev–Trinajstić information content (AvgIpc) is 3.94. The van der Waals surface area contributed by atoms with E-state index in [1.165, 1.54) is 11.3 Å². The number of benzene rings is 2. The summed E-state index contributed by atoms with van der Waals surface area (Å²) in [5.41, 5.74) is -0.105. The second kappa shape index (κ2) is 18.6. The number of nitrogens with one attached hydrogen (secondary N) is 1. The fourth-order valence-corrected chi connectivity index (χ4v) is 10.2. The number of thiophene rings is 1. The van der Waals surface area contributed by atoms with Crippen LogP contribution in [0.5, 0.6) is 0 Å². The molecule has 4 heterocycles. The van der Waals surface area contributed by atoms with Crippen molar-refractivity contribution >= 4 is 58.7 Å². The number of carbonyl (C=O) groups is 5. The Morgan fingerprint density at radius 1 is 0.867 bits per heavy atom. The van der Waals surface area contributed by atoms with E-state index in [0.29, 0.717) is 48.2 Å². The number of esters is 2. The first kappa shape index (κ1) is 44.9. The smallest absolute Gasteiger partial charge is 0.340 e. The van der Waals surface area contributed by atoms with Crippen molar-refractivity contribution in [2.24, 2.45) is 16.7 Å². The van der Waals surface area contributed by atoms with E-state index >= 15 is 0 Å². The minimum atomic E-state index is -4.05. The van der Waals surface area contributed by atoms with Gasteiger partial charge in [-0.05, 0) is 102 Å². The number of nitriles is 1. The molecule has 16 heteroatoms. The van der Waals surface area contributed by atoms with Crippen LogP contribution in [0.4, 0.5) is 0 Å². The number of ether oxygens (including phenoxy) is 2. The third-order valence-corrected chi connectivity index (χ3v) is 14.1. The molecule has 0 aliphatic carbocycles. The second-order valence-corrected chi connectivity index (χ2v) is 21.0. The number of amides is 3. The number of hydrogen-bond acceptors (Lipinski definition) is 12. The van der Waals surface area contributed by atoms with E-state index in [1.807, 2.05) is 30.3 Å². The zero-order chi connectivity index (χ0) is 43.4. The van der Waals surface area contributed by atoms with Gasteiger partial charge in [0, 0.05) is 29.7 Å². The van der Waals surface area contributed by atoms with E-state index in [4.69, 9.17) is 18.5 Å². The van der Waals surface area contributed by atoms with Crippen LogP contribution < -0.4 is 5.32 Å². The van der Waals surface area contributed by atoms with E-state index in [-0.39, 0.29) is 35.9 Å². The van der Waals surface area contributed by atoms with Crippen molar-refractivity contribution in [3.05, 3.63) is 70.6 Å². The van der Waals surface area contributed by atoms with Crippen LogP contribution in [0.2, 0.25) is 0 Å². The van der Waals surface area contributed by atoms with Gasteiger partial charge < -0.3 is 24.6 Å². The molecule has 2 aromatic carbocycles. The van der Waals surface area contributed by atoms with Gasteiger partial charge in [-0.15, -0.1) is 11.3 Å². The van der Waals surface area contributed by atoms with Gasteiger partial charge in [-0.3, -0.25) is 37.6 Å². The van der Waals surface area contributed by atoms with Crippen LogP contribution in [0, 0.1) is 28.1 Å². The summed E-state index contributed by atoms with van der Waals surface area (Å²) in [6, 6.07) is 17.5. The molecule has 3 amide bonds. The van der Waals surface area contributed by atoms with Gasteiger partial charge in [0.05, 0.1) is 33.9 Å². The van der Waals surface area contributed by atoms with Crippen molar-refractivity contribution in [2.45, 2.75) is 110 Å². The molecule has 0 bridgehead atoms. The van der Waals surface area contributed by atoms with Gasteiger partial charge in [-0.25, -0.2) is 0 Å². The summed E-state index contributed by atoms with van der Waals surface area (Å²) in [5.74, 6) is -2.42. The molecule has 14 nitrogen and oxygen atoms in total. The molecule has 60 heavy (non-hydrogen) atoms. The molecule has 5 atom stereocenters. The number of carbonyl (C=O) groups excluding carboxylic acids is 5. The Balaban J connectivity index is 1.14. The van der Waals surface area contributed by atoms with Gasteiger partial charge in [0.25, 0.3) is 5.91 Å². The van der Waals surface area contributed by atoms with Crippen molar-refractivity contribution in [3.63, 3.8) is 0 Å². The summed E-state index contributed by atoms with van der Waals surface area (Å²) in [7, 11) is -4.05. The highest BCUT2D eigenvalue weighted by Gasteiger charge is 2.47. The Morgan fingerprint density at radius 2 is 1.52 bits per heavy atom. The Bertz CT molecular complexity index is 2140. The van der Waals surface area contributed by atoms with Gasteiger partial charge in [-0.2, -0.15) is 5.26 Å². The van der Waals surface area contributed by atoms with E-state index in [2.05, 4.69) is 11.4 Å². The van der Waals surface area contributed by atoms with E-state index in [1.54, 1.807) is 75.6 Å². The molecular formula is C44H55N4O10PS. The van der Waals surface area contributed by atoms with Gasteiger partial charge in [-0.1, -0.05) is 49.2 Å². The molecule has 6 rings (SSSR count). The number of rotatable bonds is 12. The van der Waals surface area contributed by atoms with Crippen LogP contribution in [0.25, 0.3) is 10.1 Å². The van der Waals surface area contributed by atoms with Crippen molar-refractivity contribution in [3.8, 4) is 6.07 Å². The van der Waals surface area contributed by atoms with Crippen molar-refractivity contribution in [1.29, 1.82) is 5.26 Å². The highest BCUT2D eigenvalue weighted by atomic mass is 32.1. The standard InChI is InChI=1S/C44H55N4O10PS/c1-43(2,3)41(52)55-26-57-59(54,58-27-56-42(53)44(4,5)6)25-28-16-19-36-30(20-28)21-37(60-36)38(49)46-34-15-11-10-14-32-17-18-35(48(32)39(34)50)40(51)47-23-31(22-45)33(24-47)29-12-8-7-9-13-29/h7-9,12-13,16,19-21,31-35H,10-11,14-15,17-18,23-27H2,1-6H3,(H,46,49)/t31-,32-,33+,34?,35-/m0/s1. The summed E-state index contributed by atoms with van der Waals surface area (Å²) in [6.45, 7) is 9.44. The maximum atomic E-state index is 14.3. The van der Waals surface area contributed by atoms with Crippen molar-refractivity contribution in [2.75, 3.05) is 26.7 Å². The fraction of sp³-hybridized carbons (Fsp3) is 0.545. The third kappa shape index (κ3) is 10.6. The molecule has 3 aromatic rings. The third-order valence-electron chi connectivity index (χ3n) is 11.2. The zero-order valence-corrected chi connectivity index (χ0v) is 36.9. The van der Waals surface area contributed by atoms with Gasteiger partial charge in [0.2, 0.25) is 25.4 Å². The molecule has 322 valence electrons. The van der Waals surface area contributed by atoms with Crippen LogP contribution >= 0.6 is 18.9 Å². The van der Waals surface area contributed by atoms with Crippen molar-refractivity contribution < 1.29 is 47.1 Å². The summed E-state index contributed by atoms with van der Waals surface area (Å²) in [6.07, 6.45) is 3.81. The fourth-order valence-electron chi connectivity index (χ4n) is 7.91.